The van der Waals surface area contributed by atoms with Gasteiger partial charge < -0.3 is 20.1 Å². The van der Waals surface area contributed by atoms with Crippen LogP contribution in [0.1, 0.15) is 5.56 Å². The van der Waals surface area contributed by atoms with Crippen molar-refractivity contribution in [1.82, 2.24) is 5.32 Å². The third-order valence-electron chi connectivity index (χ3n) is 3.16. The van der Waals surface area contributed by atoms with Crippen LogP contribution in [0.15, 0.2) is 18.2 Å². The van der Waals surface area contributed by atoms with Gasteiger partial charge in [0.1, 0.15) is 0 Å². The number of para-hydroxylation sites is 1. The SMILES string of the molecule is CNCc1cccc(Cl)c1N1CCOCC1CO. The number of nitrogens with zero attached hydrogens (tertiary/aromatic N) is 1. The highest BCUT2D eigenvalue weighted by Gasteiger charge is 2.25. The highest BCUT2D eigenvalue weighted by molar-refractivity contribution is 6.33. The summed E-state index contributed by atoms with van der Waals surface area (Å²) in [6.07, 6.45) is 0. The van der Waals surface area contributed by atoms with Crippen molar-refractivity contribution < 1.29 is 9.84 Å². The fraction of sp³-hybridized carbons (Fsp3) is 0.538. The topological polar surface area (TPSA) is 44.7 Å². The Morgan fingerprint density at radius 1 is 1.56 bits per heavy atom. The van der Waals surface area contributed by atoms with E-state index in [1.165, 1.54) is 0 Å². The van der Waals surface area contributed by atoms with Crippen molar-refractivity contribution in [3.63, 3.8) is 0 Å². The summed E-state index contributed by atoms with van der Waals surface area (Å²) in [5.41, 5.74) is 2.15. The van der Waals surface area contributed by atoms with Gasteiger partial charge in [0.15, 0.2) is 0 Å². The van der Waals surface area contributed by atoms with Crippen molar-refractivity contribution in [2.45, 2.75) is 12.6 Å². The lowest BCUT2D eigenvalue weighted by atomic mass is 10.1. The number of hydrogen-bond acceptors (Lipinski definition) is 4. The molecule has 1 heterocycles. The predicted octanol–water partition coefficient (Wildman–Crippen LogP) is 1.26. The minimum Gasteiger partial charge on any atom is -0.394 e. The number of rotatable bonds is 4. The lowest BCUT2D eigenvalue weighted by Gasteiger charge is -2.38. The van der Waals surface area contributed by atoms with Gasteiger partial charge in [-0.15, -0.1) is 0 Å². The molecule has 1 saturated heterocycles. The zero-order valence-corrected chi connectivity index (χ0v) is 11.3. The van der Waals surface area contributed by atoms with E-state index in [2.05, 4.69) is 16.3 Å². The van der Waals surface area contributed by atoms with Crippen molar-refractivity contribution in [3.05, 3.63) is 28.8 Å². The molecule has 2 rings (SSSR count). The van der Waals surface area contributed by atoms with Gasteiger partial charge in [0.05, 0.1) is 36.6 Å². The van der Waals surface area contributed by atoms with E-state index in [0.717, 1.165) is 29.4 Å². The molecule has 4 nitrogen and oxygen atoms in total. The fourth-order valence-electron chi connectivity index (χ4n) is 2.32. The number of nitrogens with one attached hydrogen (secondary N) is 1. The van der Waals surface area contributed by atoms with E-state index < -0.39 is 0 Å². The Hall–Kier alpha value is -0.810. The molecule has 0 saturated carbocycles. The van der Waals surface area contributed by atoms with Crippen LogP contribution in [0.25, 0.3) is 0 Å². The number of aliphatic hydroxyl groups excluding tert-OH is 1. The van der Waals surface area contributed by atoms with Crippen molar-refractivity contribution in [1.29, 1.82) is 0 Å². The van der Waals surface area contributed by atoms with Crippen LogP contribution in [-0.4, -0.2) is 44.6 Å². The maximum atomic E-state index is 9.45. The van der Waals surface area contributed by atoms with E-state index in [-0.39, 0.29) is 12.6 Å². The summed E-state index contributed by atoms with van der Waals surface area (Å²) in [6, 6.07) is 5.88. The zero-order valence-electron chi connectivity index (χ0n) is 10.5. The molecule has 0 radical (unpaired) electrons. The number of hydrogen-bond donors (Lipinski definition) is 2. The van der Waals surface area contributed by atoms with Gasteiger partial charge in [-0.3, -0.25) is 0 Å². The highest BCUT2D eigenvalue weighted by Crippen LogP contribution is 2.32. The third kappa shape index (κ3) is 2.78. The summed E-state index contributed by atoms with van der Waals surface area (Å²) in [4.78, 5) is 2.15. The molecule has 1 aliphatic rings. The molecule has 2 N–H and O–H groups in total. The monoisotopic (exact) mass is 270 g/mol. The fourth-order valence-corrected chi connectivity index (χ4v) is 2.62. The maximum absolute atomic E-state index is 9.45. The molecule has 1 aromatic rings. The molecule has 5 heteroatoms. The number of benzene rings is 1. The molecule has 0 aromatic heterocycles. The molecular formula is C13H19ClN2O2. The van der Waals surface area contributed by atoms with Gasteiger partial charge in [-0.05, 0) is 18.7 Å². The van der Waals surface area contributed by atoms with Crippen LogP contribution in [-0.2, 0) is 11.3 Å². The van der Waals surface area contributed by atoms with E-state index in [4.69, 9.17) is 16.3 Å². The van der Waals surface area contributed by atoms with Crippen LogP contribution in [0.3, 0.4) is 0 Å². The first kappa shape index (κ1) is 13.6. The molecule has 0 bridgehead atoms. The van der Waals surface area contributed by atoms with Crippen LogP contribution in [0, 0.1) is 0 Å². The van der Waals surface area contributed by atoms with Gasteiger partial charge in [-0.25, -0.2) is 0 Å². The molecule has 1 aliphatic heterocycles. The largest absolute Gasteiger partial charge is 0.394 e. The number of anilines is 1. The first-order chi connectivity index (χ1) is 8.77. The van der Waals surface area contributed by atoms with Crippen LogP contribution < -0.4 is 10.2 Å². The molecule has 1 atom stereocenters. The van der Waals surface area contributed by atoms with Gasteiger partial charge in [0.25, 0.3) is 0 Å². The first-order valence-electron chi connectivity index (χ1n) is 6.15. The Balaban J connectivity index is 2.35. The van der Waals surface area contributed by atoms with E-state index in [1.807, 2.05) is 19.2 Å². The van der Waals surface area contributed by atoms with Crippen LogP contribution in [0.4, 0.5) is 5.69 Å². The Labute approximate surface area is 113 Å². The van der Waals surface area contributed by atoms with Gasteiger partial charge in [0.2, 0.25) is 0 Å². The Morgan fingerprint density at radius 3 is 3.11 bits per heavy atom. The van der Waals surface area contributed by atoms with Gasteiger partial charge in [0, 0.05) is 13.1 Å². The van der Waals surface area contributed by atoms with E-state index in [0.29, 0.717) is 13.2 Å². The number of halogens is 1. The zero-order chi connectivity index (χ0) is 13.0. The summed E-state index contributed by atoms with van der Waals surface area (Å²) >= 11 is 6.33. The van der Waals surface area contributed by atoms with Crippen LogP contribution in [0.2, 0.25) is 5.02 Å². The lowest BCUT2D eigenvalue weighted by Crippen LogP contribution is -2.48. The Morgan fingerprint density at radius 2 is 2.39 bits per heavy atom. The molecule has 0 spiro atoms. The summed E-state index contributed by atoms with van der Waals surface area (Å²) in [5, 5.41) is 13.3. The second-order valence-electron chi connectivity index (χ2n) is 4.38. The minimum absolute atomic E-state index is 0.0192. The summed E-state index contributed by atoms with van der Waals surface area (Å²) in [5.74, 6) is 0. The highest BCUT2D eigenvalue weighted by atomic mass is 35.5. The lowest BCUT2D eigenvalue weighted by molar-refractivity contribution is 0.0726. The molecule has 1 unspecified atom stereocenters. The quantitative estimate of drug-likeness (QED) is 0.865. The predicted molar refractivity (Wildman–Crippen MR) is 73.3 cm³/mol. The molecule has 18 heavy (non-hydrogen) atoms. The second kappa shape index (κ2) is 6.38. The average molecular weight is 271 g/mol. The Bertz CT molecular complexity index is 401. The Kier molecular flexibility index (Phi) is 4.83. The van der Waals surface area contributed by atoms with Gasteiger partial charge in [-0.2, -0.15) is 0 Å². The van der Waals surface area contributed by atoms with Crippen LogP contribution in [0.5, 0.6) is 0 Å². The molecule has 1 fully saturated rings. The summed E-state index contributed by atoms with van der Waals surface area (Å²) in [7, 11) is 1.91. The second-order valence-corrected chi connectivity index (χ2v) is 4.79. The van der Waals surface area contributed by atoms with E-state index >= 15 is 0 Å². The van der Waals surface area contributed by atoms with E-state index in [1.54, 1.807) is 0 Å². The minimum atomic E-state index is -0.0192. The van der Waals surface area contributed by atoms with Crippen molar-refractivity contribution >= 4 is 17.3 Å². The number of morpholine rings is 1. The normalized spacial score (nSPS) is 20.2. The van der Waals surface area contributed by atoms with Crippen LogP contribution >= 0.6 is 11.6 Å². The molecule has 0 aliphatic carbocycles. The average Bonchev–Trinajstić information content (AvgIpc) is 2.39. The number of aliphatic hydroxyl groups is 1. The standard InChI is InChI=1S/C13H19ClN2O2/c1-15-7-10-3-2-4-12(14)13(10)16-5-6-18-9-11(16)8-17/h2-4,11,15,17H,5-9H2,1H3. The summed E-state index contributed by atoms with van der Waals surface area (Å²) in [6.45, 7) is 2.79. The first-order valence-corrected chi connectivity index (χ1v) is 6.53. The van der Waals surface area contributed by atoms with Crippen molar-refractivity contribution in [2.75, 3.05) is 38.3 Å². The smallest absolute Gasteiger partial charge is 0.0756 e. The van der Waals surface area contributed by atoms with E-state index in [9.17, 15) is 5.11 Å². The van der Waals surface area contributed by atoms with Crippen molar-refractivity contribution in [3.8, 4) is 0 Å². The van der Waals surface area contributed by atoms with Gasteiger partial charge in [-0.1, -0.05) is 23.7 Å². The maximum Gasteiger partial charge on any atom is 0.0756 e. The molecule has 100 valence electrons. The van der Waals surface area contributed by atoms with Crippen molar-refractivity contribution in [2.24, 2.45) is 0 Å². The molecular weight excluding hydrogens is 252 g/mol. The number of ether oxygens (including phenoxy) is 1. The van der Waals surface area contributed by atoms with Gasteiger partial charge >= 0.3 is 0 Å². The molecule has 1 aromatic carbocycles. The molecule has 0 amide bonds. The summed E-state index contributed by atoms with van der Waals surface area (Å²) < 4.78 is 5.40. The third-order valence-corrected chi connectivity index (χ3v) is 3.47.